The lowest BCUT2D eigenvalue weighted by Gasteiger charge is -2.15. The molecule has 0 atom stereocenters. The predicted octanol–water partition coefficient (Wildman–Crippen LogP) is 1.37. The average molecular weight is 389 g/mol. The molecule has 2 rings (SSSR count). The summed E-state index contributed by atoms with van der Waals surface area (Å²) in [6.45, 7) is -0.351. The van der Waals surface area contributed by atoms with Crippen LogP contribution in [0.1, 0.15) is 10.4 Å². The number of aliphatic hydroxyl groups is 1. The van der Waals surface area contributed by atoms with Gasteiger partial charge in [0.2, 0.25) is 0 Å². The third kappa shape index (κ3) is 3.87. The number of benzene rings is 1. The number of halogens is 2. The minimum atomic E-state index is -1.29. The lowest BCUT2D eigenvalue weighted by Crippen LogP contribution is -2.31. The number of ether oxygens (including phenoxy) is 1. The Kier molecular flexibility index (Phi) is 5.89. The highest BCUT2D eigenvalue weighted by atomic mass is 35.5. The van der Waals surface area contributed by atoms with Crippen molar-refractivity contribution in [3.05, 3.63) is 39.0 Å². The number of aromatic carboxylic acids is 1. The SMILES string of the molecule is COC(=O)C1=C(Nc2cc(Cl)c(Cl)cc2C(=O)O)C(=O)N(CCO)C1. The van der Waals surface area contributed by atoms with Crippen LogP contribution in [0.4, 0.5) is 5.69 Å². The second kappa shape index (κ2) is 7.73. The van der Waals surface area contributed by atoms with Crippen LogP contribution < -0.4 is 5.32 Å². The van der Waals surface area contributed by atoms with E-state index >= 15 is 0 Å². The number of hydrogen-bond donors (Lipinski definition) is 3. The van der Waals surface area contributed by atoms with Gasteiger partial charge in [-0.3, -0.25) is 4.79 Å². The molecule has 0 saturated heterocycles. The number of esters is 1. The Balaban J connectivity index is 2.48. The fourth-order valence-electron chi connectivity index (χ4n) is 2.31. The molecule has 3 N–H and O–H groups in total. The molecule has 25 heavy (non-hydrogen) atoms. The standard InChI is InChI=1S/C15H14Cl2N2O6/c1-25-15(24)8-6-19(2-3-20)13(21)12(8)18-11-5-10(17)9(16)4-7(11)14(22)23/h4-5,18,20H,2-3,6H2,1H3,(H,22,23). The van der Waals surface area contributed by atoms with Gasteiger partial charge in [-0.1, -0.05) is 23.2 Å². The van der Waals surface area contributed by atoms with Gasteiger partial charge in [-0.05, 0) is 12.1 Å². The molecule has 1 aromatic carbocycles. The Morgan fingerprint density at radius 3 is 2.52 bits per heavy atom. The van der Waals surface area contributed by atoms with Crippen molar-refractivity contribution in [2.45, 2.75) is 0 Å². The van der Waals surface area contributed by atoms with Crippen LogP contribution in [0.15, 0.2) is 23.4 Å². The number of carbonyl (C=O) groups is 3. The van der Waals surface area contributed by atoms with E-state index < -0.39 is 17.8 Å². The van der Waals surface area contributed by atoms with E-state index in [1.54, 1.807) is 0 Å². The van der Waals surface area contributed by atoms with Crippen molar-refractivity contribution < 1.29 is 29.3 Å². The van der Waals surface area contributed by atoms with Crippen LogP contribution in [0.3, 0.4) is 0 Å². The van der Waals surface area contributed by atoms with Gasteiger partial charge in [0.1, 0.15) is 5.70 Å². The number of carboxylic acid groups (broad SMARTS) is 1. The maximum Gasteiger partial charge on any atom is 0.337 e. The summed E-state index contributed by atoms with van der Waals surface area (Å²) in [6.07, 6.45) is 0. The van der Waals surface area contributed by atoms with Crippen molar-refractivity contribution in [1.82, 2.24) is 4.90 Å². The number of nitrogens with zero attached hydrogens (tertiary/aromatic N) is 1. The van der Waals surface area contributed by atoms with Crippen molar-refractivity contribution in [2.24, 2.45) is 0 Å². The molecule has 0 radical (unpaired) electrons. The zero-order chi connectivity index (χ0) is 18.7. The van der Waals surface area contributed by atoms with Gasteiger partial charge in [0.15, 0.2) is 0 Å². The topological polar surface area (TPSA) is 116 Å². The normalized spacial score (nSPS) is 14.1. The molecule has 1 amide bonds. The third-order valence-electron chi connectivity index (χ3n) is 3.50. The van der Waals surface area contributed by atoms with E-state index in [2.05, 4.69) is 10.1 Å². The Morgan fingerprint density at radius 2 is 1.96 bits per heavy atom. The molecule has 134 valence electrons. The quantitative estimate of drug-likeness (QED) is 0.630. The molecule has 0 bridgehead atoms. The Bertz CT molecular complexity index is 778. The van der Waals surface area contributed by atoms with Crippen LogP contribution in [0.2, 0.25) is 10.0 Å². The highest BCUT2D eigenvalue weighted by molar-refractivity contribution is 6.42. The summed E-state index contributed by atoms with van der Waals surface area (Å²) in [6, 6.07) is 2.38. The molecule has 1 aliphatic rings. The summed E-state index contributed by atoms with van der Waals surface area (Å²) in [5.41, 5.74) is -0.346. The number of amides is 1. The van der Waals surface area contributed by atoms with Crippen molar-refractivity contribution in [2.75, 3.05) is 32.1 Å². The van der Waals surface area contributed by atoms with Crippen molar-refractivity contribution in [3.8, 4) is 0 Å². The first-order valence-electron chi connectivity index (χ1n) is 7.01. The fraction of sp³-hybridized carbons (Fsp3) is 0.267. The molecular weight excluding hydrogens is 375 g/mol. The van der Waals surface area contributed by atoms with Gasteiger partial charge in [-0.2, -0.15) is 0 Å². The van der Waals surface area contributed by atoms with E-state index in [0.29, 0.717) is 0 Å². The van der Waals surface area contributed by atoms with Crippen LogP contribution in [-0.2, 0) is 14.3 Å². The van der Waals surface area contributed by atoms with Crippen LogP contribution >= 0.6 is 23.2 Å². The zero-order valence-corrected chi connectivity index (χ0v) is 14.5. The number of nitrogens with one attached hydrogen (secondary N) is 1. The van der Waals surface area contributed by atoms with Crippen molar-refractivity contribution in [1.29, 1.82) is 0 Å². The molecule has 10 heteroatoms. The lowest BCUT2D eigenvalue weighted by molar-refractivity contribution is -0.136. The number of carbonyl (C=O) groups excluding carboxylic acids is 2. The van der Waals surface area contributed by atoms with Gasteiger partial charge in [0.25, 0.3) is 5.91 Å². The number of methoxy groups -OCH3 is 1. The predicted molar refractivity (Wildman–Crippen MR) is 89.8 cm³/mol. The molecule has 1 aromatic rings. The Labute approximate surface area is 152 Å². The number of hydrogen-bond acceptors (Lipinski definition) is 6. The van der Waals surface area contributed by atoms with Gasteiger partial charge < -0.3 is 25.2 Å². The van der Waals surface area contributed by atoms with Gasteiger partial charge in [-0.25, -0.2) is 9.59 Å². The second-order valence-electron chi connectivity index (χ2n) is 5.04. The summed E-state index contributed by atoms with van der Waals surface area (Å²) in [4.78, 5) is 37.0. The third-order valence-corrected chi connectivity index (χ3v) is 4.23. The molecule has 1 aliphatic heterocycles. The molecule has 0 spiro atoms. The Morgan fingerprint density at radius 1 is 1.32 bits per heavy atom. The van der Waals surface area contributed by atoms with Crippen molar-refractivity contribution in [3.63, 3.8) is 0 Å². The summed E-state index contributed by atoms with van der Waals surface area (Å²) in [5.74, 6) is -2.61. The molecule has 0 aromatic heterocycles. The van der Waals surface area contributed by atoms with E-state index in [1.165, 1.54) is 11.0 Å². The van der Waals surface area contributed by atoms with E-state index in [4.69, 9.17) is 28.3 Å². The largest absolute Gasteiger partial charge is 0.478 e. The number of carboxylic acids is 1. The van der Waals surface area contributed by atoms with Gasteiger partial charge >= 0.3 is 11.9 Å². The summed E-state index contributed by atoms with van der Waals surface area (Å²) >= 11 is 11.7. The molecule has 8 nitrogen and oxygen atoms in total. The highest BCUT2D eigenvalue weighted by Crippen LogP contribution is 2.31. The maximum absolute atomic E-state index is 12.4. The first kappa shape index (κ1) is 19.0. The molecule has 0 fully saturated rings. The highest BCUT2D eigenvalue weighted by Gasteiger charge is 2.35. The lowest BCUT2D eigenvalue weighted by atomic mass is 10.1. The molecule has 0 saturated carbocycles. The summed E-state index contributed by atoms with van der Waals surface area (Å²) in [5, 5.41) is 21.1. The maximum atomic E-state index is 12.4. The number of rotatable bonds is 6. The first-order valence-corrected chi connectivity index (χ1v) is 7.76. The van der Waals surface area contributed by atoms with Crippen LogP contribution in [0.25, 0.3) is 0 Å². The van der Waals surface area contributed by atoms with E-state index in [-0.39, 0.29) is 52.3 Å². The smallest absolute Gasteiger partial charge is 0.337 e. The number of anilines is 1. The minimum Gasteiger partial charge on any atom is -0.478 e. The van der Waals surface area contributed by atoms with E-state index in [1.807, 2.05) is 0 Å². The molecule has 0 aliphatic carbocycles. The monoisotopic (exact) mass is 388 g/mol. The van der Waals surface area contributed by atoms with Gasteiger partial charge in [-0.15, -0.1) is 0 Å². The van der Waals surface area contributed by atoms with Gasteiger partial charge in [0, 0.05) is 6.54 Å². The summed E-state index contributed by atoms with van der Waals surface area (Å²) in [7, 11) is 1.16. The molecule has 0 unspecified atom stereocenters. The molecule has 1 heterocycles. The van der Waals surface area contributed by atoms with Crippen LogP contribution in [-0.4, -0.2) is 59.8 Å². The van der Waals surface area contributed by atoms with Crippen molar-refractivity contribution >= 4 is 46.7 Å². The average Bonchev–Trinajstić information content (AvgIpc) is 2.87. The van der Waals surface area contributed by atoms with Crippen LogP contribution in [0.5, 0.6) is 0 Å². The van der Waals surface area contributed by atoms with E-state index in [0.717, 1.165) is 13.2 Å². The van der Waals surface area contributed by atoms with E-state index in [9.17, 15) is 19.5 Å². The fourth-order valence-corrected chi connectivity index (χ4v) is 2.64. The second-order valence-corrected chi connectivity index (χ2v) is 5.85. The number of β-amino-alcohol motifs (C(OH)–C–C–N with tert-alkyl or cyclic N) is 1. The zero-order valence-electron chi connectivity index (χ0n) is 13.0. The molecular formula is C15H14Cl2N2O6. The van der Waals surface area contributed by atoms with Gasteiger partial charge in [0.05, 0.1) is 47.1 Å². The van der Waals surface area contributed by atoms with Crippen LogP contribution in [0, 0.1) is 0 Å². The summed E-state index contributed by atoms with van der Waals surface area (Å²) < 4.78 is 4.66. The minimum absolute atomic E-state index is 0.00231. The number of aliphatic hydroxyl groups excluding tert-OH is 1. The Hall–Kier alpha value is -2.29. The first-order chi connectivity index (χ1) is 11.8.